The van der Waals surface area contributed by atoms with Crippen LogP contribution in [-0.2, 0) is 38.1 Å². The fraction of sp³-hybridized carbons (Fsp3) is 0.846. The largest absolute Gasteiger partial charge is 0.464 e. The first-order valence-electron chi connectivity index (χ1n) is 12.8. The van der Waals surface area contributed by atoms with Gasteiger partial charge in [-0.05, 0) is 13.0 Å². The zero-order valence-electron chi connectivity index (χ0n) is 22.9. The standard InChI is InChI=1S/C26H45NO8/c1-10-11-12-27-13-20(33-24(29)16(4)5)22(35-26(31)18(8)9)21(34-25(30)17(6)7)19(27)14-32-23(28)15(2)3/h15-22H,10-14H2,1-9H3/t19-,20+,21-,22-/m1/s1. The van der Waals surface area contributed by atoms with Crippen molar-refractivity contribution in [1.29, 1.82) is 0 Å². The molecule has 0 aromatic heterocycles. The van der Waals surface area contributed by atoms with E-state index in [1.807, 2.05) is 4.90 Å². The maximum atomic E-state index is 12.7. The van der Waals surface area contributed by atoms with Crippen molar-refractivity contribution in [1.82, 2.24) is 4.90 Å². The van der Waals surface area contributed by atoms with Crippen LogP contribution in [-0.4, -0.2) is 72.8 Å². The summed E-state index contributed by atoms with van der Waals surface area (Å²) in [6, 6.07) is -0.564. The first kappa shape index (κ1) is 30.9. The number of carbonyl (C=O) groups is 4. The molecule has 0 aromatic carbocycles. The zero-order valence-corrected chi connectivity index (χ0v) is 22.9. The Morgan fingerprint density at radius 3 is 1.63 bits per heavy atom. The van der Waals surface area contributed by atoms with Gasteiger partial charge in [0, 0.05) is 6.54 Å². The van der Waals surface area contributed by atoms with Crippen molar-refractivity contribution in [3.63, 3.8) is 0 Å². The molecule has 1 fully saturated rings. The number of esters is 4. The van der Waals surface area contributed by atoms with Crippen molar-refractivity contribution in [2.75, 3.05) is 19.7 Å². The maximum Gasteiger partial charge on any atom is 0.308 e. The number of likely N-dealkylation sites (tertiary alicyclic amines) is 1. The van der Waals surface area contributed by atoms with E-state index in [-0.39, 0.29) is 31.0 Å². The highest BCUT2D eigenvalue weighted by atomic mass is 16.6. The fourth-order valence-corrected chi connectivity index (χ4v) is 3.48. The van der Waals surface area contributed by atoms with E-state index in [0.29, 0.717) is 6.54 Å². The first-order valence-corrected chi connectivity index (χ1v) is 12.8. The van der Waals surface area contributed by atoms with Gasteiger partial charge >= 0.3 is 23.9 Å². The molecule has 0 saturated carbocycles. The Morgan fingerprint density at radius 2 is 1.17 bits per heavy atom. The number of unbranched alkanes of at least 4 members (excludes halogenated alkanes) is 1. The summed E-state index contributed by atoms with van der Waals surface area (Å²) in [5.74, 6) is -3.37. The molecule has 9 heteroatoms. The Balaban J connectivity index is 3.48. The fourth-order valence-electron chi connectivity index (χ4n) is 3.48. The molecule has 202 valence electrons. The summed E-state index contributed by atoms with van der Waals surface area (Å²) in [5.41, 5.74) is 0. The smallest absolute Gasteiger partial charge is 0.308 e. The van der Waals surface area contributed by atoms with Gasteiger partial charge in [-0.15, -0.1) is 0 Å². The Labute approximate surface area is 210 Å². The van der Waals surface area contributed by atoms with E-state index in [1.165, 1.54) is 0 Å². The van der Waals surface area contributed by atoms with Crippen LogP contribution in [0.25, 0.3) is 0 Å². The summed E-state index contributed by atoms with van der Waals surface area (Å²) in [6.07, 6.45) is -1.11. The summed E-state index contributed by atoms with van der Waals surface area (Å²) in [6.45, 7) is 16.6. The molecule has 0 amide bonds. The van der Waals surface area contributed by atoms with Gasteiger partial charge in [0.15, 0.2) is 18.3 Å². The highest BCUT2D eigenvalue weighted by molar-refractivity contribution is 5.74. The van der Waals surface area contributed by atoms with E-state index in [2.05, 4.69) is 6.92 Å². The van der Waals surface area contributed by atoms with E-state index in [0.717, 1.165) is 12.8 Å². The summed E-state index contributed by atoms with van der Waals surface area (Å²) in [4.78, 5) is 52.2. The SMILES string of the molecule is CCCCN1C[C@H](OC(=O)C(C)C)[C@@H](OC(=O)C(C)C)[C@H](OC(=O)C(C)C)[C@H]1COC(=O)C(C)C. The molecule has 1 rings (SSSR count). The lowest BCUT2D eigenvalue weighted by molar-refractivity contribution is -0.213. The number of rotatable bonds is 12. The summed E-state index contributed by atoms with van der Waals surface area (Å²) < 4.78 is 23.1. The van der Waals surface area contributed by atoms with E-state index in [9.17, 15) is 19.2 Å². The van der Waals surface area contributed by atoms with Crippen molar-refractivity contribution in [3.8, 4) is 0 Å². The third-order valence-corrected chi connectivity index (χ3v) is 5.81. The Bertz CT molecular complexity index is 718. The minimum absolute atomic E-state index is 0.0443. The number of hydrogen-bond donors (Lipinski definition) is 0. The Morgan fingerprint density at radius 1 is 0.714 bits per heavy atom. The van der Waals surface area contributed by atoms with Gasteiger partial charge in [0.1, 0.15) is 6.61 Å². The summed E-state index contributed by atoms with van der Waals surface area (Å²) >= 11 is 0. The number of piperidine rings is 1. The molecule has 0 bridgehead atoms. The lowest BCUT2D eigenvalue weighted by atomic mass is 9.92. The number of nitrogens with zero attached hydrogens (tertiary/aromatic N) is 1. The van der Waals surface area contributed by atoms with E-state index >= 15 is 0 Å². The van der Waals surface area contributed by atoms with Crippen LogP contribution in [0.3, 0.4) is 0 Å². The van der Waals surface area contributed by atoms with Crippen LogP contribution in [0, 0.1) is 23.7 Å². The quantitative estimate of drug-likeness (QED) is 0.295. The first-order chi connectivity index (χ1) is 16.3. The molecule has 4 atom stereocenters. The van der Waals surface area contributed by atoms with E-state index < -0.39 is 54.1 Å². The highest BCUT2D eigenvalue weighted by Gasteiger charge is 2.50. The zero-order chi connectivity index (χ0) is 26.9. The van der Waals surface area contributed by atoms with Crippen LogP contribution in [0.4, 0.5) is 0 Å². The lowest BCUT2D eigenvalue weighted by Gasteiger charge is -2.47. The molecule has 1 heterocycles. The topological polar surface area (TPSA) is 108 Å². The second-order valence-corrected chi connectivity index (χ2v) is 10.4. The normalized spacial score (nSPS) is 23.0. The maximum absolute atomic E-state index is 12.7. The molecular weight excluding hydrogens is 454 g/mol. The van der Waals surface area contributed by atoms with Crippen LogP contribution < -0.4 is 0 Å². The van der Waals surface area contributed by atoms with Crippen LogP contribution >= 0.6 is 0 Å². The van der Waals surface area contributed by atoms with Crippen molar-refractivity contribution in [2.45, 2.75) is 99.5 Å². The average Bonchev–Trinajstić information content (AvgIpc) is 2.77. The van der Waals surface area contributed by atoms with Gasteiger partial charge in [-0.3, -0.25) is 24.1 Å². The molecule has 0 aliphatic carbocycles. The molecule has 1 aliphatic rings. The second-order valence-electron chi connectivity index (χ2n) is 10.4. The number of hydrogen-bond acceptors (Lipinski definition) is 9. The van der Waals surface area contributed by atoms with Gasteiger partial charge < -0.3 is 18.9 Å². The highest BCUT2D eigenvalue weighted by Crippen LogP contribution is 2.29. The Hall–Kier alpha value is -2.16. The van der Waals surface area contributed by atoms with Gasteiger partial charge in [0.2, 0.25) is 0 Å². The van der Waals surface area contributed by atoms with Crippen molar-refractivity contribution >= 4 is 23.9 Å². The monoisotopic (exact) mass is 499 g/mol. The van der Waals surface area contributed by atoms with E-state index in [4.69, 9.17) is 18.9 Å². The lowest BCUT2D eigenvalue weighted by Crippen LogP contribution is -2.66. The molecule has 9 nitrogen and oxygen atoms in total. The second kappa shape index (κ2) is 14.4. The minimum Gasteiger partial charge on any atom is -0.464 e. The van der Waals surface area contributed by atoms with Crippen LogP contribution in [0.5, 0.6) is 0 Å². The minimum atomic E-state index is -1.03. The van der Waals surface area contributed by atoms with Gasteiger partial charge in [-0.1, -0.05) is 68.7 Å². The summed E-state index contributed by atoms with van der Waals surface area (Å²) in [5, 5.41) is 0. The van der Waals surface area contributed by atoms with Gasteiger partial charge in [0.25, 0.3) is 0 Å². The Kier molecular flexibility index (Phi) is 12.7. The van der Waals surface area contributed by atoms with Gasteiger partial charge in [0.05, 0.1) is 29.7 Å². The van der Waals surface area contributed by atoms with Crippen LogP contribution in [0.15, 0.2) is 0 Å². The molecule has 1 aliphatic heterocycles. The summed E-state index contributed by atoms with van der Waals surface area (Å²) in [7, 11) is 0. The van der Waals surface area contributed by atoms with Gasteiger partial charge in [-0.25, -0.2) is 0 Å². The average molecular weight is 500 g/mol. The predicted octanol–water partition coefficient (Wildman–Crippen LogP) is 3.37. The van der Waals surface area contributed by atoms with Crippen molar-refractivity contribution < 1.29 is 38.1 Å². The molecule has 0 unspecified atom stereocenters. The molecule has 1 saturated heterocycles. The molecule has 0 spiro atoms. The predicted molar refractivity (Wildman–Crippen MR) is 130 cm³/mol. The van der Waals surface area contributed by atoms with E-state index in [1.54, 1.807) is 55.4 Å². The molecule has 0 N–H and O–H groups in total. The van der Waals surface area contributed by atoms with Crippen molar-refractivity contribution in [3.05, 3.63) is 0 Å². The molecule has 0 aromatic rings. The molecular formula is C26H45NO8. The van der Waals surface area contributed by atoms with Crippen LogP contribution in [0.1, 0.15) is 75.2 Å². The third kappa shape index (κ3) is 9.43. The molecule has 0 radical (unpaired) electrons. The number of ether oxygens (including phenoxy) is 4. The van der Waals surface area contributed by atoms with Crippen molar-refractivity contribution in [2.24, 2.45) is 23.7 Å². The van der Waals surface area contributed by atoms with Crippen LogP contribution in [0.2, 0.25) is 0 Å². The molecule has 35 heavy (non-hydrogen) atoms. The third-order valence-electron chi connectivity index (χ3n) is 5.81. The number of carbonyl (C=O) groups excluding carboxylic acids is 4. The van der Waals surface area contributed by atoms with Gasteiger partial charge in [-0.2, -0.15) is 0 Å².